The van der Waals surface area contributed by atoms with Gasteiger partial charge < -0.3 is 10.6 Å². The zero-order valence-electron chi connectivity index (χ0n) is 12.8. The van der Waals surface area contributed by atoms with Crippen LogP contribution < -0.4 is 5.73 Å². The number of nitrogens with two attached hydrogens (primary N) is 1. The van der Waals surface area contributed by atoms with Crippen molar-refractivity contribution in [3.63, 3.8) is 0 Å². The minimum absolute atomic E-state index is 0.164. The zero-order chi connectivity index (χ0) is 14.0. The number of likely N-dealkylation sites (tertiary alicyclic amines) is 1. The Kier molecular flexibility index (Phi) is 4.88. The van der Waals surface area contributed by atoms with Crippen molar-refractivity contribution in [1.29, 1.82) is 0 Å². The molecule has 2 aliphatic rings. The lowest BCUT2D eigenvalue weighted by Gasteiger charge is -2.32. The first-order valence-corrected chi connectivity index (χ1v) is 8.03. The summed E-state index contributed by atoms with van der Waals surface area (Å²) in [5, 5.41) is 0. The number of hydrogen-bond acceptors (Lipinski definition) is 2. The third-order valence-corrected chi connectivity index (χ3v) is 5.33. The number of nitrogens with zero attached hydrogens (tertiary/aromatic N) is 1. The van der Waals surface area contributed by atoms with E-state index >= 15 is 0 Å². The fourth-order valence-corrected chi connectivity index (χ4v) is 3.74. The molecule has 0 bridgehead atoms. The molecule has 0 radical (unpaired) electrons. The molecule has 0 spiro atoms. The molecule has 1 aliphatic carbocycles. The number of rotatable bonds is 3. The summed E-state index contributed by atoms with van der Waals surface area (Å²) in [6.07, 6.45) is 5.73. The lowest BCUT2D eigenvalue weighted by atomic mass is 9.78. The highest BCUT2D eigenvalue weighted by atomic mass is 16.2. The van der Waals surface area contributed by atoms with E-state index in [1.54, 1.807) is 0 Å². The van der Waals surface area contributed by atoms with Gasteiger partial charge in [-0.25, -0.2) is 0 Å². The van der Waals surface area contributed by atoms with Crippen LogP contribution in [0.15, 0.2) is 0 Å². The van der Waals surface area contributed by atoms with Crippen LogP contribution >= 0.6 is 0 Å². The van der Waals surface area contributed by atoms with Gasteiger partial charge in [-0.2, -0.15) is 0 Å². The van der Waals surface area contributed by atoms with Crippen molar-refractivity contribution in [3.8, 4) is 0 Å². The molecule has 2 rings (SSSR count). The number of carbonyl (C=O) groups excluding carboxylic acids is 1. The minimum Gasteiger partial charge on any atom is -0.342 e. The Labute approximate surface area is 117 Å². The molecule has 4 atom stereocenters. The SMILES string of the molecule is CC(C)C1CCN(C(=O)C(C)C2CCCC(N)C2)C1. The average Bonchev–Trinajstić information content (AvgIpc) is 2.86. The molecule has 1 amide bonds. The van der Waals surface area contributed by atoms with Gasteiger partial charge in [0.05, 0.1) is 0 Å². The monoisotopic (exact) mass is 266 g/mol. The van der Waals surface area contributed by atoms with Gasteiger partial charge in [0.2, 0.25) is 5.91 Å². The molecule has 3 nitrogen and oxygen atoms in total. The van der Waals surface area contributed by atoms with Crippen molar-refractivity contribution in [1.82, 2.24) is 4.90 Å². The van der Waals surface area contributed by atoms with Gasteiger partial charge >= 0.3 is 0 Å². The molecule has 4 unspecified atom stereocenters. The summed E-state index contributed by atoms with van der Waals surface area (Å²) < 4.78 is 0. The van der Waals surface area contributed by atoms with Crippen LogP contribution in [0.1, 0.15) is 52.9 Å². The van der Waals surface area contributed by atoms with Crippen molar-refractivity contribution in [2.24, 2.45) is 29.4 Å². The highest BCUT2D eigenvalue weighted by Crippen LogP contribution is 2.32. The summed E-state index contributed by atoms with van der Waals surface area (Å²) in [5.74, 6) is 2.44. The molecular formula is C16H30N2O. The molecule has 1 aliphatic heterocycles. The van der Waals surface area contributed by atoms with E-state index in [1.165, 1.54) is 19.3 Å². The number of carbonyl (C=O) groups is 1. The molecular weight excluding hydrogens is 236 g/mol. The fraction of sp³-hybridized carbons (Fsp3) is 0.938. The predicted molar refractivity (Wildman–Crippen MR) is 78.6 cm³/mol. The molecule has 3 heteroatoms. The van der Waals surface area contributed by atoms with Crippen molar-refractivity contribution in [2.45, 2.75) is 58.9 Å². The van der Waals surface area contributed by atoms with Gasteiger partial charge in [-0.3, -0.25) is 4.79 Å². The van der Waals surface area contributed by atoms with Crippen molar-refractivity contribution in [2.75, 3.05) is 13.1 Å². The summed E-state index contributed by atoms with van der Waals surface area (Å²) in [4.78, 5) is 14.7. The first-order valence-electron chi connectivity index (χ1n) is 8.03. The van der Waals surface area contributed by atoms with Gasteiger partial charge in [-0.15, -0.1) is 0 Å². The quantitative estimate of drug-likeness (QED) is 0.853. The average molecular weight is 266 g/mol. The number of hydrogen-bond donors (Lipinski definition) is 1. The standard InChI is InChI=1S/C16H30N2O/c1-11(2)14-7-8-18(10-14)16(19)12(3)13-5-4-6-15(17)9-13/h11-15H,4-10,17H2,1-3H3. The highest BCUT2D eigenvalue weighted by molar-refractivity contribution is 5.79. The van der Waals surface area contributed by atoms with E-state index in [0.29, 0.717) is 29.7 Å². The van der Waals surface area contributed by atoms with E-state index in [1.807, 2.05) is 0 Å². The van der Waals surface area contributed by atoms with Gasteiger partial charge in [0, 0.05) is 25.0 Å². The third-order valence-electron chi connectivity index (χ3n) is 5.33. The molecule has 1 saturated heterocycles. The topological polar surface area (TPSA) is 46.3 Å². The Morgan fingerprint density at radius 1 is 1.16 bits per heavy atom. The van der Waals surface area contributed by atoms with E-state index in [-0.39, 0.29) is 5.92 Å². The molecule has 2 fully saturated rings. The highest BCUT2D eigenvalue weighted by Gasteiger charge is 2.34. The summed E-state index contributed by atoms with van der Waals surface area (Å²) in [5.41, 5.74) is 6.05. The lowest BCUT2D eigenvalue weighted by Crippen LogP contribution is -2.40. The van der Waals surface area contributed by atoms with Gasteiger partial charge in [-0.1, -0.05) is 27.2 Å². The van der Waals surface area contributed by atoms with Gasteiger partial charge in [0.25, 0.3) is 0 Å². The Balaban J connectivity index is 1.89. The maximum Gasteiger partial charge on any atom is 0.225 e. The first-order chi connectivity index (χ1) is 8.99. The van der Waals surface area contributed by atoms with Crippen LogP contribution in [0, 0.1) is 23.7 Å². The second-order valence-corrected chi connectivity index (χ2v) is 7.05. The molecule has 1 saturated carbocycles. The molecule has 110 valence electrons. The fourth-order valence-electron chi connectivity index (χ4n) is 3.74. The van der Waals surface area contributed by atoms with Crippen LogP contribution in [0.4, 0.5) is 0 Å². The molecule has 1 heterocycles. The maximum absolute atomic E-state index is 12.6. The summed E-state index contributed by atoms with van der Waals surface area (Å²) in [6.45, 7) is 8.59. The van der Waals surface area contributed by atoms with Gasteiger partial charge in [0.15, 0.2) is 0 Å². The van der Waals surface area contributed by atoms with Crippen LogP contribution in [0.2, 0.25) is 0 Å². The minimum atomic E-state index is 0.164. The van der Waals surface area contributed by atoms with Crippen LogP contribution in [-0.2, 0) is 4.79 Å². The van der Waals surface area contributed by atoms with E-state index in [9.17, 15) is 4.79 Å². The summed E-state index contributed by atoms with van der Waals surface area (Å²) in [7, 11) is 0. The van der Waals surface area contributed by atoms with E-state index in [0.717, 1.165) is 25.9 Å². The summed E-state index contributed by atoms with van der Waals surface area (Å²) >= 11 is 0. The Morgan fingerprint density at radius 2 is 1.89 bits per heavy atom. The van der Waals surface area contributed by atoms with Crippen molar-refractivity contribution >= 4 is 5.91 Å². The van der Waals surface area contributed by atoms with Crippen LogP contribution in [0.3, 0.4) is 0 Å². The lowest BCUT2D eigenvalue weighted by molar-refractivity contribution is -0.136. The van der Waals surface area contributed by atoms with E-state index in [4.69, 9.17) is 5.73 Å². The third kappa shape index (κ3) is 3.50. The van der Waals surface area contributed by atoms with Crippen molar-refractivity contribution < 1.29 is 4.79 Å². The summed E-state index contributed by atoms with van der Waals surface area (Å²) in [6, 6.07) is 0.316. The second kappa shape index (κ2) is 6.25. The van der Waals surface area contributed by atoms with E-state index in [2.05, 4.69) is 25.7 Å². The molecule has 0 aromatic heterocycles. The predicted octanol–water partition coefficient (Wildman–Crippen LogP) is 2.64. The van der Waals surface area contributed by atoms with Gasteiger partial charge in [-0.05, 0) is 43.4 Å². The number of amides is 1. The first kappa shape index (κ1) is 14.8. The van der Waals surface area contributed by atoms with Crippen LogP contribution in [-0.4, -0.2) is 29.9 Å². The molecule has 0 aromatic rings. The molecule has 0 aromatic carbocycles. The Hall–Kier alpha value is -0.570. The molecule has 19 heavy (non-hydrogen) atoms. The largest absolute Gasteiger partial charge is 0.342 e. The second-order valence-electron chi connectivity index (χ2n) is 7.05. The van der Waals surface area contributed by atoms with E-state index < -0.39 is 0 Å². The van der Waals surface area contributed by atoms with Gasteiger partial charge in [0.1, 0.15) is 0 Å². The maximum atomic E-state index is 12.6. The van der Waals surface area contributed by atoms with Crippen molar-refractivity contribution in [3.05, 3.63) is 0 Å². The Bertz CT molecular complexity index is 316. The van der Waals surface area contributed by atoms with Crippen LogP contribution in [0.5, 0.6) is 0 Å². The van der Waals surface area contributed by atoms with Crippen LogP contribution in [0.25, 0.3) is 0 Å². The molecule has 2 N–H and O–H groups in total. The normalized spacial score (nSPS) is 33.7. The zero-order valence-corrected chi connectivity index (χ0v) is 12.8. The Morgan fingerprint density at radius 3 is 2.47 bits per heavy atom. The smallest absolute Gasteiger partial charge is 0.225 e.